The molecule has 5 N–H and O–H groups in total. The molecular formula is C13H25N3O3. The second-order valence-corrected chi connectivity index (χ2v) is 5.23. The predicted octanol–water partition coefficient (Wildman–Crippen LogP) is -0.0533. The minimum atomic E-state index is -0.628. The molecule has 110 valence electrons. The first-order valence-electron chi connectivity index (χ1n) is 6.57. The van der Waals surface area contributed by atoms with Crippen molar-refractivity contribution in [3.05, 3.63) is 0 Å². The van der Waals surface area contributed by atoms with Gasteiger partial charge in [0.1, 0.15) is 0 Å². The van der Waals surface area contributed by atoms with E-state index >= 15 is 0 Å². The number of hydrogen-bond acceptors (Lipinski definition) is 4. The second-order valence-electron chi connectivity index (χ2n) is 5.23. The van der Waals surface area contributed by atoms with E-state index in [1.165, 1.54) is 6.92 Å². The molecule has 0 aromatic heterocycles. The number of rotatable bonds is 9. The summed E-state index contributed by atoms with van der Waals surface area (Å²) in [5.41, 5.74) is 10.7. The Labute approximate surface area is 114 Å². The van der Waals surface area contributed by atoms with Gasteiger partial charge >= 0.3 is 0 Å². The molecule has 0 saturated heterocycles. The fraction of sp³-hybridized carbons (Fsp3) is 0.769. The average molecular weight is 271 g/mol. The third kappa shape index (κ3) is 7.56. The molecule has 6 nitrogen and oxygen atoms in total. The van der Waals surface area contributed by atoms with Crippen LogP contribution in [0.3, 0.4) is 0 Å². The number of nitrogens with two attached hydrogens (primary N) is 2. The summed E-state index contributed by atoms with van der Waals surface area (Å²) in [7, 11) is 0. The highest BCUT2D eigenvalue weighted by Crippen LogP contribution is 2.16. The van der Waals surface area contributed by atoms with Gasteiger partial charge in [-0.2, -0.15) is 0 Å². The van der Waals surface area contributed by atoms with Crippen molar-refractivity contribution in [1.82, 2.24) is 5.32 Å². The highest BCUT2D eigenvalue weighted by Gasteiger charge is 2.25. The number of carbonyl (C=O) groups excluding carboxylic acids is 3. The molecule has 0 radical (unpaired) electrons. The lowest BCUT2D eigenvalue weighted by molar-refractivity contribution is -0.130. The van der Waals surface area contributed by atoms with E-state index in [-0.39, 0.29) is 24.0 Å². The molecule has 0 bridgehead atoms. The van der Waals surface area contributed by atoms with Gasteiger partial charge in [-0.05, 0) is 25.3 Å². The standard InChI is InChI=1S/C13H25N3O3/c1-8(2)6-10(13(15)19)7-12(18)11(4-5-14)16-9(3)17/h8,10-11H,4-7,14H2,1-3H3,(H2,15,19)(H,16,17)/t10-,11+/m1/s1. The van der Waals surface area contributed by atoms with Crippen molar-refractivity contribution in [2.75, 3.05) is 6.54 Å². The zero-order valence-corrected chi connectivity index (χ0v) is 11.9. The lowest BCUT2D eigenvalue weighted by Crippen LogP contribution is -2.42. The van der Waals surface area contributed by atoms with Gasteiger partial charge in [-0.1, -0.05) is 13.8 Å². The van der Waals surface area contributed by atoms with Gasteiger partial charge in [0, 0.05) is 19.3 Å². The molecule has 0 aliphatic rings. The van der Waals surface area contributed by atoms with Crippen molar-refractivity contribution in [1.29, 1.82) is 0 Å². The van der Waals surface area contributed by atoms with Crippen molar-refractivity contribution in [2.45, 2.75) is 46.1 Å². The summed E-state index contributed by atoms with van der Waals surface area (Å²) >= 11 is 0. The Balaban J connectivity index is 4.65. The van der Waals surface area contributed by atoms with Gasteiger partial charge < -0.3 is 16.8 Å². The summed E-state index contributed by atoms with van der Waals surface area (Å²) in [5, 5.41) is 2.56. The largest absolute Gasteiger partial charge is 0.369 e. The minimum Gasteiger partial charge on any atom is -0.369 e. The molecule has 0 unspecified atom stereocenters. The number of amides is 2. The number of Topliss-reactive ketones (excluding diaryl/α,β-unsaturated/α-hetero) is 1. The average Bonchev–Trinajstić information content (AvgIpc) is 2.26. The molecule has 0 spiro atoms. The van der Waals surface area contributed by atoms with Gasteiger partial charge in [-0.15, -0.1) is 0 Å². The molecule has 2 amide bonds. The van der Waals surface area contributed by atoms with E-state index in [1.807, 2.05) is 13.8 Å². The topological polar surface area (TPSA) is 115 Å². The lowest BCUT2D eigenvalue weighted by atomic mass is 9.89. The van der Waals surface area contributed by atoms with Gasteiger partial charge in [0.2, 0.25) is 11.8 Å². The number of nitrogens with one attached hydrogen (secondary N) is 1. The Hall–Kier alpha value is -1.43. The molecular weight excluding hydrogens is 246 g/mol. The third-order valence-corrected chi connectivity index (χ3v) is 2.83. The Morgan fingerprint density at radius 1 is 1.21 bits per heavy atom. The van der Waals surface area contributed by atoms with Crippen LogP contribution in [0.1, 0.15) is 40.0 Å². The zero-order chi connectivity index (χ0) is 15.0. The summed E-state index contributed by atoms with van der Waals surface area (Å²) in [6.45, 7) is 5.57. The zero-order valence-electron chi connectivity index (χ0n) is 11.9. The van der Waals surface area contributed by atoms with E-state index < -0.39 is 17.9 Å². The van der Waals surface area contributed by atoms with Crippen molar-refractivity contribution in [3.8, 4) is 0 Å². The second kappa shape index (κ2) is 8.63. The van der Waals surface area contributed by atoms with Crippen LogP contribution in [0.5, 0.6) is 0 Å². The van der Waals surface area contributed by atoms with E-state index in [0.29, 0.717) is 19.4 Å². The first-order chi connectivity index (χ1) is 8.77. The van der Waals surface area contributed by atoms with Crippen molar-refractivity contribution >= 4 is 17.6 Å². The molecule has 0 aromatic carbocycles. The molecule has 0 saturated carbocycles. The summed E-state index contributed by atoms with van der Waals surface area (Å²) in [5.74, 6) is -1.16. The van der Waals surface area contributed by atoms with Gasteiger partial charge in [0.15, 0.2) is 5.78 Å². The fourth-order valence-electron chi connectivity index (χ4n) is 1.98. The first-order valence-corrected chi connectivity index (χ1v) is 6.57. The normalized spacial score (nSPS) is 13.9. The molecule has 0 heterocycles. The molecule has 2 atom stereocenters. The third-order valence-electron chi connectivity index (χ3n) is 2.83. The lowest BCUT2D eigenvalue weighted by Gasteiger charge is -2.20. The maximum absolute atomic E-state index is 12.1. The molecule has 0 aromatic rings. The van der Waals surface area contributed by atoms with E-state index in [1.54, 1.807) is 0 Å². The Bertz CT molecular complexity index is 329. The van der Waals surface area contributed by atoms with Crippen LogP contribution < -0.4 is 16.8 Å². The number of primary amides is 1. The summed E-state index contributed by atoms with van der Waals surface area (Å²) < 4.78 is 0. The monoisotopic (exact) mass is 271 g/mol. The Kier molecular flexibility index (Phi) is 7.98. The van der Waals surface area contributed by atoms with E-state index in [2.05, 4.69) is 5.32 Å². The van der Waals surface area contributed by atoms with Crippen LogP contribution >= 0.6 is 0 Å². The molecule has 6 heteroatoms. The minimum absolute atomic E-state index is 0.0540. The van der Waals surface area contributed by atoms with Crippen molar-refractivity contribution < 1.29 is 14.4 Å². The van der Waals surface area contributed by atoms with Gasteiger partial charge in [-0.3, -0.25) is 14.4 Å². The Morgan fingerprint density at radius 3 is 2.16 bits per heavy atom. The van der Waals surface area contributed by atoms with Crippen LogP contribution in [0.15, 0.2) is 0 Å². The van der Waals surface area contributed by atoms with Crippen LogP contribution in [0.2, 0.25) is 0 Å². The van der Waals surface area contributed by atoms with Crippen molar-refractivity contribution in [3.63, 3.8) is 0 Å². The van der Waals surface area contributed by atoms with Gasteiger partial charge in [0.05, 0.1) is 6.04 Å². The van der Waals surface area contributed by atoms with E-state index in [9.17, 15) is 14.4 Å². The smallest absolute Gasteiger partial charge is 0.220 e. The number of carbonyl (C=O) groups is 3. The van der Waals surface area contributed by atoms with E-state index in [0.717, 1.165) is 0 Å². The molecule has 0 aliphatic carbocycles. The molecule has 19 heavy (non-hydrogen) atoms. The van der Waals surface area contributed by atoms with Crippen LogP contribution in [-0.4, -0.2) is 30.2 Å². The molecule has 0 rings (SSSR count). The highest BCUT2D eigenvalue weighted by atomic mass is 16.2. The quantitative estimate of drug-likeness (QED) is 0.545. The summed E-state index contributed by atoms with van der Waals surface area (Å²) in [6, 6.07) is -0.628. The van der Waals surface area contributed by atoms with Gasteiger partial charge in [0.25, 0.3) is 0 Å². The predicted molar refractivity (Wildman–Crippen MR) is 73.0 cm³/mol. The number of ketones is 1. The highest BCUT2D eigenvalue weighted by molar-refractivity contribution is 5.91. The van der Waals surface area contributed by atoms with Crippen molar-refractivity contribution in [2.24, 2.45) is 23.3 Å². The first kappa shape index (κ1) is 17.6. The molecule has 0 aliphatic heterocycles. The maximum Gasteiger partial charge on any atom is 0.220 e. The van der Waals surface area contributed by atoms with Crippen LogP contribution in [-0.2, 0) is 14.4 Å². The number of hydrogen-bond donors (Lipinski definition) is 3. The Morgan fingerprint density at radius 2 is 1.79 bits per heavy atom. The molecule has 0 fully saturated rings. The SMILES string of the molecule is CC(=O)N[C@@H](CCN)C(=O)C[C@@H](CC(C)C)C(N)=O. The van der Waals surface area contributed by atoms with Crippen LogP contribution in [0.4, 0.5) is 0 Å². The van der Waals surface area contributed by atoms with Gasteiger partial charge in [-0.25, -0.2) is 0 Å². The van der Waals surface area contributed by atoms with Crippen LogP contribution in [0.25, 0.3) is 0 Å². The van der Waals surface area contributed by atoms with Crippen LogP contribution in [0, 0.1) is 11.8 Å². The summed E-state index contributed by atoms with van der Waals surface area (Å²) in [6.07, 6.45) is 0.987. The van der Waals surface area contributed by atoms with E-state index in [4.69, 9.17) is 11.5 Å². The summed E-state index contributed by atoms with van der Waals surface area (Å²) in [4.78, 5) is 34.5. The maximum atomic E-state index is 12.1. The fourth-order valence-corrected chi connectivity index (χ4v) is 1.98.